The average molecular weight is 272 g/mol. The topological polar surface area (TPSA) is 102 Å². The van der Waals surface area contributed by atoms with Crippen molar-refractivity contribution in [3.05, 3.63) is 42.4 Å². The van der Waals surface area contributed by atoms with Crippen molar-refractivity contribution in [2.24, 2.45) is 0 Å². The van der Waals surface area contributed by atoms with Crippen LogP contribution in [0.3, 0.4) is 0 Å². The van der Waals surface area contributed by atoms with Crippen molar-refractivity contribution in [2.75, 3.05) is 0 Å². The van der Waals surface area contributed by atoms with Crippen LogP contribution < -0.4 is 5.32 Å². The van der Waals surface area contributed by atoms with E-state index >= 15 is 0 Å². The Morgan fingerprint density at radius 2 is 2.40 bits per heavy atom. The number of tetrazole rings is 1. The van der Waals surface area contributed by atoms with Crippen LogP contribution in [0.1, 0.15) is 5.56 Å². The summed E-state index contributed by atoms with van der Waals surface area (Å²) in [5.41, 5.74) is 1.00. The van der Waals surface area contributed by atoms with Crippen molar-refractivity contribution in [1.29, 1.82) is 0 Å². The van der Waals surface area contributed by atoms with Gasteiger partial charge < -0.3 is 14.7 Å². The summed E-state index contributed by atoms with van der Waals surface area (Å²) in [6.45, 7) is 0.472. The summed E-state index contributed by atoms with van der Waals surface area (Å²) in [5, 5.41) is 14.5. The van der Waals surface area contributed by atoms with Gasteiger partial charge in [0, 0.05) is 18.9 Å². The molecule has 0 spiro atoms. The molecule has 0 aromatic carbocycles. The molecule has 0 saturated heterocycles. The Balaban J connectivity index is 1.56. The summed E-state index contributed by atoms with van der Waals surface area (Å²) < 4.78 is 5.15. The van der Waals surface area contributed by atoms with Gasteiger partial charge in [0.05, 0.1) is 6.26 Å². The molecule has 0 radical (unpaired) electrons. The zero-order valence-electron chi connectivity index (χ0n) is 10.5. The maximum atomic E-state index is 11.7. The smallest absolute Gasteiger partial charge is 0.243 e. The Morgan fingerprint density at radius 3 is 3.15 bits per heavy atom. The first-order chi connectivity index (χ1) is 9.81. The zero-order valence-corrected chi connectivity index (χ0v) is 10.5. The van der Waals surface area contributed by atoms with Gasteiger partial charge >= 0.3 is 0 Å². The zero-order chi connectivity index (χ0) is 13.8. The average Bonchev–Trinajstić information content (AvgIpc) is 3.18. The molecule has 8 nitrogen and oxygen atoms in total. The van der Waals surface area contributed by atoms with E-state index < -0.39 is 0 Å². The van der Waals surface area contributed by atoms with E-state index in [0.29, 0.717) is 18.1 Å². The second-order valence-electron chi connectivity index (χ2n) is 4.12. The molecule has 0 atom stereocenters. The van der Waals surface area contributed by atoms with E-state index in [9.17, 15) is 4.79 Å². The van der Waals surface area contributed by atoms with Crippen molar-refractivity contribution < 1.29 is 9.21 Å². The second-order valence-corrected chi connectivity index (χ2v) is 4.12. The second kappa shape index (κ2) is 5.39. The van der Waals surface area contributed by atoms with Crippen LogP contribution >= 0.6 is 0 Å². The first kappa shape index (κ1) is 12.2. The summed E-state index contributed by atoms with van der Waals surface area (Å²) in [6.07, 6.45) is 5.15. The number of nitrogens with one attached hydrogen (secondary N) is 2. The molecule has 3 aromatic heterocycles. The molecule has 3 aromatic rings. The standard InChI is InChI=1S/C12H12N6O2/c19-11(14-7-9-3-4-13-6-9)8-18-16-12(15-17-18)10-2-1-5-20-10/h1-6,13H,7-8H2,(H,14,19). The lowest BCUT2D eigenvalue weighted by atomic mass is 10.3. The predicted octanol–water partition coefficient (Wildman–Crippen LogP) is 0.578. The van der Waals surface area contributed by atoms with Gasteiger partial charge in [-0.15, -0.1) is 10.2 Å². The fourth-order valence-corrected chi connectivity index (χ4v) is 1.67. The van der Waals surface area contributed by atoms with Crippen LogP contribution in [0.5, 0.6) is 0 Å². The van der Waals surface area contributed by atoms with Crippen molar-refractivity contribution in [3.8, 4) is 11.6 Å². The third-order valence-electron chi connectivity index (χ3n) is 2.63. The first-order valence-corrected chi connectivity index (χ1v) is 6.01. The highest BCUT2D eigenvalue weighted by atomic mass is 16.3. The monoisotopic (exact) mass is 272 g/mol. The van der Waals surface area contributed by atoms with E-state index in [2.05, 4.69) is 25.7 Å². The van der Waals surface area contributed by atoms with E-state index in [-0.39, 0.29) is 12.5 Å². The molecule has 0 aliphatic rings. The third kappa shape index (κ3) is 2.74. The lowest BCUT2D eigenvalue weighted by Gasteiger charge is -2.02. The largest absolute Gasteiger partial charge is 0.461 e. The molecule has 3 heterocycles. The van der Waals surface area contributed by atoms with E-state index in [1.807, 2.05) is 12.3 Å². The summed E-state index contributed by atoms with van der Waals surface area (Å²) in [4.78, 5) is 15.9. The van der Waals surface area contributed by atoms with Crippen molar-refractivity contribution >= 4 is 5.91 Å². The van der Waals surface area contributed by atoms with Gasteiger partial charge in [-0.2, -0.15) is 4.80 Å². The van der Waals surface area contributed by atoms with E-state index in [0.717, 1.165) is 5.56 Å². The Labute approximate surface area is 113 Å². The van der Waals surface area contributed by atoms with E-state index in [1.54, 1.807) is 18.3 Å². The molecule has 0 bridgehead atoms. The normalized spacial score (nSPS) is 10.6. The van der Waals surface area contributed by atoms with Crippen LogP contribution in [0, 0.1) is 0 Å². The van der Waals surface area contributed by atoms with Gasteiger partial charge in [-0.25, -0.2) is 0 Å². The van der Waals surface area contributed by atoms with Crippen molar-refractivity contribution in [2.45, 2.75) is 13.1 Å². The molecule has 2 N–H and O–H groups in total. The van der Waals surface area contributed by atoms with Gasteiger partial charge in [0.1, 0.15) is 6.54 Å². The summed E-state index contributed by atoms with van der Waals surface area (Å²) >= 11 is 0. The number of H-pyrrole nitrogens is 1. The van der Waals surface area contributed by atoms with Gasteiger partial charge in [-0.1, -0.05) is 0 Å². The number of aromatic nitrogens is 5. The number of furan rings is 1. The molecular formula is C12H12N6O2. The number of hydrogen-bond acceptors (Lipinski definition) is 5. The minimum atomic E-state index is -0.186. The maximum Gasteiger partial charge on any atom is 0.243 e. The number of carbonyl (C=O) groups is 1. The Hall–Kier alpha value is -2.90. The molecule has 0 fully saturated rings. The SMILES string of the molecule is O=C(Cn1nnc(-c2ccco2)n1)NCc1cc[nH]c1. The molecule has 0 unspecified atom stereocenters. The Morgan fingerprint density at radius 1 is 1.45 bits per heavy atom. The van der Waals surface area contributed by atoms with Gasteiger partial charge in [-0.05, 0) is 29.0 Å². The fourth-order valence-electron chi connectivity index (χ4n) is 1.67. The molecular weight excluding hydrogens is 260 g/mol. The number of nitrogens with zero attached hydrogens (tertiary/aromatic N) is 4. The fraction of sp³-hybridized carbons (Fsp3) is 0.167. The molecule has 0 aliphatic carbocycles. The molecule has 3 rings (SSSR count). The van der Waals surface area contributed by atoms with E-state index in [1.165, 1.54) is 11.1 Å². The van der Waals surface area contributed by atoms with Crippen LogP contribution in [0.2, 0.25) is 0 Å². The lowest BCUT2D eigenvalue weighted by molar-refractivity contribution is -0.122. The van der Waals surface area contributed by atoms with Gasteiger partial charge in [0.15, 0.2) is 5.76 Å². The van der Waals surface area contributed by atoms with Crippen LogP contribution in [0.4, 0.5) is 0 Å². The van der Waals surface area contributed by atoms with Crippen LogP contribution in [-0.4, -0.2) is 31.1 Å². The van der Waals surface area contributed by atoms with E-state index in [4.69, 9.17) is 4.42 Å². The highest BCUT2D eigenvalue weighted by Crippen LogP contribution is 2.12. The molecule has 8 heteroatoms. The number of carbonyl (C=O) groups excluding carboxylic acids is 1. The van der Waals surface area contributed by atoms with Crippen molar-refractivity contribution in [1.82, 2.24) is 30.5 Å². The summed E-state index contributed by atoms with van der Waals surface area (Å²) in [7, 11) is 0. The van der Waals surface area contributed by atoms with Gasteiger partial charge in [0.25, 0.3) is 0 Å². The maximum absolute atomic E-state index is 11.7. The molecule has 0 aliphatic heterocycles. The number of amides is 1. The Bertz CT molecular complexity index is 671. The quantitative estimate of drug-likeness (QED) is 0.707. The Kier molecular flexibility index (Phi) is 3.27. The number of aromatic amines is 1. The molecule has 102 valence electrons. The highest BCUT2D eigenvalue weighted by molar-refractivity contribution is 5.75. The third-order valence-corrected chi connectivity index (χ3v) is 2.63. The minimum Gasteiger partial charge on any atom is -0.461 e. The summed E-state index contributed by atoms with van der Waals surface area (Å²) in [5.74, 6) is 0.687. The highest BCUT2D eigenvalue weighted by Gasteiger charge is 2.10. The van der Waals surface area contributed by atoms with Crippen LogP contribution in [0.25, 0.3) is 11.6 Å². The molecule has 0 saturated carbocycles. The number of hydrogen-bond donors (Lipinski definition) is 2. The summed E-state index contributed by atoms with van der Waals surface area (Å²) in [6, 6.07) is 5.36. The van der Waals surface area contributed by atoms with Crippen LogP contribution in [0.15, 0.2) is 41.3 Å². The first-order valence-electron chi connectivity index (χ1n) is 6.01. The molecule has 1 amide bonds. The number of rotatable bonds is 5. The molecule has 20 heavy (non-hydrogen) atoms. The van der Waals surface area contributed by atoms with Crippen LogP contribution in [-0.2, 0) is 17.9 Å². The van der Waals surface area contributed by atoms with Gasteiger partial charge in [0.2, 0.25) is 11.7 Å². The van der Waals surface area contributed by atoms with Crippen molar-refractivity contribution in [3.63, 3.8) is 0 Å². The lowest BCUT2D eigenvalue weighted by Crippen LogP contribution is -2.27. The van der Waals surface area contributed by atoms with Gasteiger partial charge in [-0.3, -0.25) is 4.79 Å². The predicted molar refractivity (Wildman–Crippen MR) is 68.2 cm³/mol. The minimum absolute atomic E-state index is 0.0120.